The van der Waals surface area contributed by atoms with Crippen LogP contribution in [0.25, 0.3) is 0 Å². The Kier molecular flexibility index (Phi) is 5.23. The van der Waals surface area contributed by atoms with Gasteiger partial charge in [0.05, 0.1) is 6.54 Å². The summed E-state index contributed by atoms with van der Waals surface area (Å²) in [5, 5.41) is 10.8. The molecular formula is C17H22N4OS. The van der Waals surface area contributed by atoms with E-state index in [4.69, 9.17) is 0 Å². The van der Waals surface area contributed by atoms with Gasteiger partial charge in [0.15, 0.2) is 0 Å². The maximum absolute atomic E-state index is 12.1. The van der Waals surface area contributed by atoms with Crippen molar-refractivity contribution in [3.05, 3.63) is 48.3 Å². The number of carbonyl (C=O) groups excluding carboxylic acids is 1. The van der Waals surface area contributed by atoms with Crippen molar-refractivity contribution in [2.75, 3.05) is 11.6 Å². The first kappa shape index (κ1) is 15.9. The molecule has 1 fully saturated rings. The minimum Gasteiger partial charge on any atom is -0.335 e. The molecule has 5 nitrogen and oxygen atoms in total. The molecule has 3 rings (SSSR count). The van der Waals surface area contributed by atoms with Gasteiger partial charge in [0.1, 0.15) is 0 Å². The van der Waals surface area contributed by atoms with E-state index in [2.05, 4.69) is 22.0 Å². The summed E-state index contributed by atoms with van der Waals surface area (Å²) in [4.78, 5) is 12.1. The van der Waals surface area contributed by atoms with Gasteiger partial charge in [-0.3, -0.25) is 4.68 Å². The molecule has 122 valence electrons. The fourth-order valence-corrected chi connectivity index (χ4v) is 3.71. The fraction of sp³-hybridized carbons (Fsp3) is 0.412. The highest BCUT2D eigenvalue weighted by molar-refractivity contribution is 7.99. The number of amides is 2. The van der Waals surface area contributed by atoms with Crippen LogP contribution in [0.1, 0.15) is 24.8 Å². The third kappa shape index (κ3) is 4.51. The molecular weight excluding hydrogens is 308 g/mol. The zero-order valence-electron chi connectivity index (χ0n) is 13.2. The second kappa shape index (κ2) is 7.55. The second-order valence-corrected chi connectivity index (χ2v) is 7.00. The Morgan fingerprint density at radius 3 is 2.83 bits per heavy atom. The first-order chi connectivity index (χ1) is 11.2. The number of thioether (sulfide) groups is 1. The molecule has 0 spiro atoms. The fourth-order valence-electron chi connectivity index (χ4n) is 2.91. The van der Waals surface area contributed by atoms with Crippen molar-refractivity contribution in [1.29, 1.82) is 0 Å². The van der Waals surface area contributed by atoms with Crippen LogP contribution in [0, 0.1) is 0 Å². The van der Waals surface area contributed by atoms with E-state index in [1.54, 1.807) is 6.20 Å². The predicted molar refractivity (Wildman–Crippen MR) is 94.9 cm³/mol. The van der Waals surface area contributed by atoms with Crippen molar-refractivity contribution in [1.82, 2.24) is 15.1 Å². The van der Waals surface area contributed by atoms with Gasteiger partial charge in [-0.25, -0.2) is 4.79 Å². The van der Waals surface area contributed by atoms with Gasteiger partial charge in [0, 0.05) is 29.4 Å². The molecule has 1 saturated carbocycles. The second-order valence-electron chi connectivity index (χ2n) is 5.87. The number of nitrogens with one attached hydrogen (secondary N) is 2. The highest BCUT2D eigenvalue weighted by atomic mass is 32.2. The van der Waals surface area contributed by atoms with E-state index in [9.17, 15) is 4.79 Å². The van der Waals surface area contributed by atoms with Crippen molar-refractivity contribution < 1.29 is 4.79 Å². The van der Waals surface area contributed by atoms with Gasteiger partial charge in [-0.2, -0.15) is 16.9 Å². The van der Waals surface area contributed by atoms with Gasteiger partial charge >= 0.3 is 6.03 Å². The number of aromatic nitrogens is 2. The monoisotopic (exact) mass is 330 g/mol. The van der Waals surface area contributed by atoms with Crippen LogP contribution in [0.3, 0.4) is 0 Å². The Hall–Kier alpha value is -1.95. The van der Waals surface area contributed by atoms with Crippen LogP contribution in [-0.4, -0.2) is 33.4 Å². The molecule has 0 bridgehead atoms. The minimum absolute atomic E-state index is 0.114. The van der Waals surface area contributed by atoms with Gasteiger partial charge in [0.2, 0.25) is 0 Å². The van der Waals surface area contributed by atoms with Gasteiger partial charge in [-0.1, -0.05) is 12.1 Å². The molecule has 2 aromatic rings. The molecule has 1 heterocycles. The highest BCUT2D eigenvalue weighted by Crippen LogP contribution is 2.28. The molecule has 2 N–H and O–H groups in total. The number of hydrogen-bond acceptors (Lipinski definition) is 3. The third-order valence-electron chi connectivity index (χ3n) is 4.17. The van der Waals surface area contributed by atoms with E-state index in [0.29, 0.717) is 11.3 Å². The first-order valence-electron chi connectivity index (χ1n) is 7.89. The summed E-state index contributed by atoms with van der Waals surface area (Å²) in [6, 6.07) is 9.97. The molecule has 0 saturated heterocycles. The van der Waals surface area contributed by atoms with Gasteiger partial charge in [-0.05, 0) is 49.3 Å². The van der Waals surface area contributed by atoms with Crippen molar-refractivity contribution in [2.45, 2.75) is 37.1 Å². The lowest BCUT2D eigenvalue weighted by molar-refractivity contribution is 0.248. The smallest absolute Gasteiger partial charge is 0.319 e. The highest BCUT2D eigenvalue weighted by Gasteiger charge is 2.24. The maximum atomic E-state index is 12.1. The van der Waals surface area contributed by atoms with E-state index < -0.39 is 0 Å². The summed E-state index contributed by atoms with van der Waals surface area (Å²) in [5.41, 5.74) is 1.96. The van der Waals surface area contributed by atoms with Crippen LogP contribution in [0.15, 0.2) is 42.7 Å². The van der Waals surface area contributed by atoms with E-state index in [0.717, 1.165) is 30.6 Å². The van der Waals surface area contributed by atoms with E-state index >= 15 is 0 Å². The molecule has 0 aliphatic heterocycles. The van der Waals surface area contributed by atoms with Gasteiger partial charge in [0.25, 0.3) is 0 Å². The van der Waals surface area contributed by atoms with Gasteiger partial charge < -0.3 is 10.6 Å². The lowest BCUT2D eigenvalue weighted by atomic mass is 10.2. The SMILES string of the molecule is CS[C@H]1CC[C@@H](NC(=O)Nc2ccc(Cn3cccn3)cc2)C1. The average Bonchev–Trinajstić information content (AvgIpc) is 3.21. The minimum atomic E-state index is -0.114. The number of hydrogen-bond donors (Lipinski definition) is 2. The molecule has 1 aromatic carbocycles. The lowest BCUT2D eigenvalue weighted by Gasteiger charge is -2.14. The summed E-state index contributed by atoms with van der Waals surface area (Å²) in [6.07, 6.45) is 9.17. The summed E-state index contributed by atoms with van der Waals surface area (Å²) < 4.78 is 1.87. The van der Waals surface area contributed by atoms with Crippen molar-refractivity contribution in [3.63, 3.8) is 0 Å². The normalized spacial score (nSPS) is 20.4. The Morgan fingerprint density at radius 2 is 2.17 bits per heavy atom. The molecule has 1 aliphatic carbocycles. The number of nitrogens with zero attached hydrogens (tertiary/aromatic N) is 2. The Labute approximate surface area is 140 Å². The summed E-state index contributed by atoms with van der Waals surface area (Å²) in [6.45, 7) is 0.734. The van der Waals surface area contributed by atoms with Crippen molar-refractivity contribution >= 4 is 23.5 Å². The largest absolute Gasteiger partial charge is 0.335 e. The van der Waals surface area contributed by atoms with Gasteiger partial charge in [-0.15, -0.1) is 0 Å². The Morgan fingerprint density at radius 1 is 1.35 bits per heavy atom. The maximum Gasteiger partial charge on any atom is 0.319 e. The average molecular weight is 330 g/mol. The summed E-state index contributed by atoms with van der Waals surface area (Å²) in [5.74, 6) is 0. The first-order valence-corrected chi connectivity index (χ1v) is 9.18. The van der Waals surface area contributed by atoms with Crippen molar-refractivity contribution in [3.8, 4) is 0 Å². The van der Waals surface area contributed by atoms with Crippen LogP contribution in [0.2, 0.25) is 0 Å². The number of rotatable bonds is 5. The number of carbonyl (C=O) groups is 1. The van der Waals surface area contributed by atoms with Crippen LogP contribution >= 0.6 is 11.8 Å². The van der Waals surface area contributed by atoms with Crippen LogP contribution in [0.5, 0.6) is 0 Å². The number of benzene rings is 1. The van der Waals surface area contributed by atoms with E-state index in [1.165, 1.54) is 6.42 Å². The quantitative estimate of drug-likeness (QED) is 0.884. The number of urea groups is 1. The molecule has 23 heavy (non-hydrogen) atoms. The van der Waals surface area contributed by atoms with E-state index in [1.807, 2.05) is 53.0 Å². The Bertz CT molecular complexity index is 627. The van der Waals surface area contributed by atoms with E-state index in [-0.39, 0.29) is 6.03 Å². The van der Waals surface area contributed by atoms with Crippen molar-refractivity contribution in [2.24, 2.45) is 0 Å². The zero-order chi connectivity index (χ0) is 16.1. The molecule has 0 unspecified atom stereocenters. The van der Waals surface area contributed by atoms with Crippen LogP contribution in [-0.2, 0) is 6.54 Å². The molecule has 1 aliphatic rings. The molecule has 2 amide bonds. The molecule has 6 heteroatoms. The standard InChI is InChI=1S/C17H22N4OS/c1-23-16-8-7-15(11-16)20-17(22)19-14-5-3-13(4-6-14)12-21-10-2-9-18-21/h2-6,9-10,15-16H,7-8,11-12H2,1H3,(H2,19,20,22)/t15-,16+/m1/s1. The number of anilines is 1. The van der Waals surface area contributed by atoms with Crippen LogP contribution in [0.4, 0.5) is 10.5 Å². The zero-order valence-corrected chi connectivity index (χ0v) is 14.1. The van der Waals surface area contributed by atoms with Crippen LogP contribution < -0.4 is 10.6 Å². The molecule has 1 aromatic heterocycles. The third-order valence-corrected chi connectivity index (χ3v) is 5.26. The summed E-state index contributed by atoms with van der Waals surface area (Å²) in [7, 11) is 0. The molecule has 0 radical (unpaired) electrons. The topological polar surface area (TPSA) is 59.0 Å². The predicted octanol–water partition coefficient (Wildman–Crippen LogP) is 3.34. The Balaban J connectivity index is 1.49. The molecule has 2 atom stereocenters. The summed E-state index contributed by atoms with van der Waals surface area (Å²) >= 11 is 1.89. The lowest BCUT2D eigenvalue weighted by Crippen LogP contribution is -2.36.